The first-order valence-corrected chi connectivity index (χ1v) is 5.65. The van der Waals surface area contributed by atoms with Crippen LogP contribution in [0.2, 0.25) is 0 Å². The van der Waals surface area contributed by atoms with Gasteiger partial charge in [-0.1, -0.05) is 33.3 Å². The normalized spacial score (nSPS) is 32.0. The van der Waals surface area contributed by atoms with E-state index in [4.69, 9.17) is 0 Å². The molecule has 0 aliphatic heterocycles. The third kappa shape index (κ3) is 2.26. The van der Waals surface area contributed by atoms with E-state index in [0.29, 0.717) is 11.7 Å². The molecule has 0 bridgehead atoms. The molecule has 0 N–H and O–H groups in total. The van der Waals surface area contributed by atoms with Gasteiger partial charge in [0.25, 0.3) is 0 Å². The minimum Gasteiger partial charge on any atom is -0.295 e. The zero-order valence-electron chi connectivity index (χ0n) is 9.84. The molecule has 0 spiro atoms. The molecule has 0 saturated heterocycles. The minimum absolute atomic E-state index is 0.189. The lowest BCUT2D eigenvalue weighted by atomic mass is 9.62. The molecule has 14 heavy (non-hydrogen) atoms. The predicted molar refractivity (Wildman–Crippen MR) is 60.1 cm³/mol. The van der Waals surface area contributed by atoms with E-state index in [1.807, 2.05) is 13.0 Å². The molecule has 0 radical (unpaired) electrons. The molecule has 80 valence electrons. The third-order valence-electron chi connectivity index (χ3n) is 3.53. The molecule has 1 heteroatoms. The first-order valence-electron chi connectivity index (χ1n) is 5.65. The number of carbonyl (C=O) groups is 1. The van der Waals surface area contributed by atoms with Crippen LogP contribution in [0.4, 0.5) is 0 Å². The zero-order chi connectivity index (χ0) is 10.8. The summed E-state index contributed by atoms with van der Waals surface area (Å²) in [6, 6.07) is 0. The standard InChI is InChI=1S/C13H22O/c1-5-7-11(14)12-10(2)8-6-9-13(12,3)4/h5,7,10,12H,6,8-9H2,1-4H3/b7-5+/t10-,12+/m0/s1. The summed E-state index contributed by atoms with van der Waals surface area (Å²) in [5.74, 6) is 1.10. The van der Waals surface area contributed by atoms with Crippen molar-refractivity contribution in [3.05, 3.63) is 12.2 Å². The second-order valence-electron chi connectivity index (χ2n) is 5.24. The van der Waals surface area contributed by atoms with Crippen molar-refractivity contribution >= 4 is 5.78 Å². The molecule has 1 saturated carbocycles. The van der Waals surface area contributed by atoms with Crippen molar-refractivity contribution in [1.29, 1.82) is 0 Å². The van der Waals surface area contributed by atoms with Crippen molar-refractivity contribution in [2.24, 2.45) is 17.3 Å². The van der Waals surface area contributed by atoms with Gasteiger partial charge in [0.05, 0.1) is 0 Å². The van der Waals surface area contributed by atoms with Crippen LogP contribution in [0.3, 0.4) is 0 Å². The van der Waals surface area contributed by atoms with Crippen LogP contribution in [-0.4, -0.2) is 5.78 Å². The van der Waals surface area contributed by atoms with Crippen molar-refractivity contribution in [3.63, 3.8) is 0 Å². The van der Waals surface area contributed by atoms with Crippen LogP contribution < -0.4 is 0 Å². The van der Waals surface area contributed by atoms with Gasteiger partial charge in [-0.3, -0.25) is 4.79 Å². The second-order valence-corrected chi connectivity index (χ2v) is 5.24. The van der Waals surface area contributed by atoms with Crippen molar-refractivity contribution in [2.75, 3.05) is 0 Å². The number of rotatable bonds is 2. The lowest BCUT2D eigenvalue weighted by Gasteiger charge is -2.41. The Balaban J connectivity index is 2.85. The predicted octanol–water partition coefficient (Wildman–Crippen LogP) is 3.59. The Labute approximate surface area is 87.6 Å². The molecular weight excluding hydrogens is 172 g/mol. The quantitative estimate of drug-likeness (QED) is 0.614. The number of allylic oxidation sites excluding steroid dienone is 2. The smallest absolute Gasteiger partial charge is 0.159 e. The molecule has 1 rings (SSSR count). The number of carbonyl (C=O) groups excluding carboxylic acids is 1. The van der Waals surface area contributed by atoms with Gasteiger partial charge in [0.15, 0.2) is 5.78 Å². The van der Waals surface area contributed by atoms with E-state index in [2.05, 4.69) is 20.8 Å². The van der Waals surface area contributed by atoms with Crippen LogP contribution >= 0.6 is 0 Å². The molecular formula is C13H22O. The molecule has 0 heterocycles. The Morgan fingerprint density at radius 3 is 2.57 bits per heavy atom. The minimum atomic E-state index is 0.189. The Bertz CT molecular complexity index is 238. The van der Waals surface area contributed by atoms with E-state index in [1.54, 1.807) is 6.08 Å². The highest BCUT2D eigenvalue weighted by Gasteiger charge is 2.40. The van der Waals surface area contributed by atoms with E-state index in [0.717, 1.165) is 0 Å². The van der Waals surface area contributed by atoms with Crippen LogP contribution in [-0.2, 0) is 4.79 Å². The summed E-state index contributed by atoms with van der Waals surface area (Å²) in [4.78, 5) is 11.9. The summed E-state index contributed by atoms with van der Waals surface area (Å²) >= 11 is 0. The molecule has 1 nitrogen and oxygen atoms in total. The van der Waals surface area contributed by atoms with Crippen LogP contribution in [0.5, 0.6) is 0 Å². The highest BCUT2D eigenvalue weighted by atomic mass is 16.1. The summed E-state index contributed by atoms with van der Waals surface area (Å²) in [7, 11) is 0. The molecule has 0 amide bonds. The Morgan fingerprint density at radius 2 is 2.07 bits per heavy atom. The van der Waals surface area contributed by atoms with Gasteiger partial charge in [-0.2, -0.15) is 0 Å². The van der Waals surface area contributed by atoms with E-state index >= 15 is 0 Å². The molecule has 2 atom stereocenters. The van der Waals surface area contributed by atoms with Crippen molar-refractivity contribution < 1.29 is 4.79 Å². The second kappa shape index (κ2) is 4.29. The average Bonchev–Trinajstić information content (AvgIpc) is 2.02. The summed E-state index contributed by atoms with van der Waals surface area (Å²) < 4.78 is 0. The Kier molecular flexibility index (Phi) is 3.52. The summed E-state index contributed by atoms with van der Waals surface area (Å²) in [6.45, 7) is 8.59. The molecule has 0 aromatic rings. The highest BCUT2D eigenvalue weighted by Crippen LogP contribution is 2.44. The maximum Gasteiger partial charge on any atom is 0.159 e. The Hall–Kier alpha value is -0.590. The van der Waals surface area contributed by atoms with Gasteiger partial charge < -0.3 is 0 Å². The van der Waals surface area contributed by atoms with Crippen molar-refractivity contribution in [2.45, 2.75) is 47.0 Å². The number of ketones is 1. The molecule has 1 aliphatic carbocycles. The van der Waals surface area contributed by atoms with Gasteiger partial charge in [-0.05, 0) is 37.2 Å². The largest absolute Gasteiger partial charge is 0.295 e. The van der Waals surface area contributed by atoms with E-state index in [-0.39, 0.29) is 11.3 Å². The fourth-order valence-corrected chi connectivity index (χ4v) is 2.91. The summed E-state index contributed by atoms with van der Waals surface area (Å²) in [6.07, 6.45) is 7.27. The van der Waals surface area contributed by atoms with Gasteiger partial charge in [-0.15, -0.1) is 0 Å². The van der Waals surface area contributed by atoms with Crippen LogP contribution in [0.25, 0.3) is 0 Å². The van der Waals surface area contributed by atoms with Gasteiger partial charge in [-0.25, -0.2) is 0 Å². The summed E-state index contributed by atoms with van der Waals surface area (Å²) in [5, 5.41) is 0. The monoisotopic (exact) mass is 194 g/mol. The van der Waals surface area contributed by atoms with Gasteiger partial charge in [0, 0.05) is 5.92 Å². The van der Waals surface area contributed by atoms with Gasteiger partial charge in [0.2, 0.25) is 0 Å². The Morgan fingerprint density at radius 1 is 1.43 bits per heavy atom. The molecule has 0 aromatic heterocycles. The first kappa shape index (κ1) is 11.5. The van der Waals surface area contributed by atoms with E-state index in [1.165, 1.54) is 19.3 Å². The van der Waals surface area contributed by atoms with E-state index < -0.39 is 0 Å². The lowest BCUT2D eigenvalue weighted by molar-refractivity contribution is -0.125. The SMILES string of the molecule is C/C=C/C(=O)[C@H]1[C@@H](C)CCCC1(C)C. The number of hydrogen-bond acceptors (Lipinski definition) is 1. The number of hydrogen-bond donors (Lipinski definition) is 0. The van der Waals surface area contributed by atoms with Crippen LogP contribution in [0.1, 0.15) is 47.0 Å². The molecule has 1 aliphatic rings. The molecule has 0 unspecified atom stereocenters. The third-order valence-corrected chi connectivity index (χ3v) is 3.53. The maximum absolute atomic E-state index is 11.9. The first-order chi connectivity index (χ1) is 6.49. The fourth-order valence-electron chi connectivity index (χ4n) is 2.91. The average molecular weight is 194 g/mol. The van der Waals surface area contributed by atoms with E-state index in [9.17, 15) is 4.79 Å². The van der Waals surface area contributed by atoms with Crippen LogP contribution in [0, 0.1) is 17.3 Å². The molecule has 1 fully saturated rings. The zero-order valence-corrected chi connectivity index (χ0v) is 9.84. The van der Waals surface area contributed by atoms with Gasteiger partial charge in [0.1, 0.15) is 0 Å². The topological polar surface area (TPSA) is 17.1 Å². The summed E-state index contributed by atoms with van der Waals surface area (Å²) in [5.41, 5.74) is 0.189. The van der Waals surface area contributed by atoms with Gasteiger partial charge >= 0.3 is 0 Å². The maximum atomic E-state index is 11.9. The fraction of sp³-hybridized carbons (Fsp3) is 0.769. The van der Waals surface area contributed by atoms with Crippen molar-refractivity contribution in [1.82, 2.24) is 0 Å². The lowest BCUT2D eigenvalue weighted by Crippen LogP contribution is -2.38. The van der Waals surface area contributed by atoms with Crippen LogP contribution in [0.15, 0.2) is 12.2 Å². The van der Waals surface area contributed by atoms with Crippen molar-refractivity contribution in [3.8, 4) is 0 Å². The highest BCUT2D eigenvalue weighted by molar-refractivity contribution is 5.92. The molecule has 0 aromatic carbocycles.